The molecule has 1 aromatic heterocycles. The van der Waals surface area contributed by atoms with Crippen LogP contribution in [-0.2, 0) is 11.3 Å². The summed E-state index contributed by atoms with van der Waals surface area (Å²) in [6, 6.07) is 1.90. The first-order valence-corrected chi connectivity index (χ1v) is 7.54. The van der Waals surface area contributed by atoms with E-state index >= 15 is 0 Å². The van der Waals surface area contributed by atoms with Crippen LogP contribution in [0.1, 0.15) is 38.2 Å². The molecule has 21 heavy (non-hydrogen) atoms. The van der Waals surface area contributed by atoms with Gasteiger partial charge in [-0.2, -0.15) is 0 Å². The molecule has 0 bridgehead atoms. The van der Waals surface area contributed by atoms with E-state index in [0.29, 0.717) is 24.1 Å². The number of likely N-dealkylation sites (tertiary alicyclic amines) is 1. The Morgan fingerprint density at radius 3 is 3.00 bits per heavy atom. The fourth-order valence-corrected chi connectivity index (χ4v) is 2.74. The first kappa shape index (κ1) is 15.7. The Morgan fingerprint density at radius 1 is 1.57 bits per heavy atom. The topological polar surface area (TPSA) is 78.1 Å². The van der Waals surface area contributed by atoms with Crippen LogP contribution in [0.15, 0.2) is 10.9 Å². The van der Waals surface area contributed by atoms with E-state index in [1.54, 1.807) is 6.92 Å². The van der Waals surface area contributed by atoms with Crippen LogP contribution in [0.5, 0.6) is 0 Å². The lowest BCUT2D eigenvalue weighted by molar-refractivity contribution is -0.127. The third-order valence-corrected chi connectivity index (χ3v) is 3.91. The highest BCUT2D eigenvalue weighted by Gasteiger charge is 2.26. The third-order valence-electron chi connectivity index (χ3n) is 3.91. The monoisotopic (exact) mass is 292 g/mol. The highest BCUT2D eigenvalue weighted by Crippen LogP contribution is 2.18. The average molecular weight is 292 g/mol. The van der Waals surface area contributed by atoms with Crippen molar-refractivity contribution >= 4 is 5.91 Å². The van der Waals surface area contributed by atoms with Gasteiger partial charge in [-0.05, 0) is 40.2 Å². The SMILES string of the molecule is Cc1nc(CNC(=O)[C@@H]2CCCN(C(C)C)C2)cc(=O)[nH]1. The summed E-state index contributed by atoms with van der Waals surface area (Å²) in [6.07, 6.45) is 1.98. The molecule has 0 aromatic carbocycles. The molecule has 2 heterocycles. The maximum atomic E-state index is 12.3. The van der Waals surface area contributed by atoms with Gasteiger partial charge >= 0.3 is 0 Å². The molecule has 2 N–H and O–H groups in total. The zero-order valence-corrected chi connectivity index (χ0v) is 13.0. The average Bonchev–Trinajstić information content (AvgIpc) is 2.44. The largest absolute Gasteiger partial charge is 0.350 e. The van der Waals surface area contributed by atoms with Crippen LogP contribution in [0, 0.1) is 12.8 Å². The first-order chi connectivity index (χ1) is 9.95. The number of carbonyl (C=O) groups excluding carboxylic acids is 1. The number of piperidine rings is 1. The Kier molecular flexibility index (Phi) is 5.12. The number of hydrogen-bond acceptors (Lipinski definition) is 4. The van der Waals surface area contributed by atoms with Gasteiger partial charge < -0.3 is 15.2 Å². The van der Waals surface area contributed by atoms with E-state index in [2.05, 4.69) is 34.0 Å². The maximum absolute atomic E-state index is 12.3. The van der Waals surface area contributed by atoms with Gasteiger partial charge in [0.15, 0.2) is 0 Å². The zero-order valence-electron chi connectivity index (χ0n) is 13.0. The van der Waals surface area contributed by atoms with Crippen LogP contribution in [0.4, 0.5) is 0 Å². The lowest BCUT2D eigenvalue weighted by Gasteiger charge is -2.34. The summed E-state index contributed by atoms with van der Waals surface area (Å²) in [6.45, 7) is 8.23. The quantitative estimate of drug-likeness (QED) is 0.861. The lowest BCUT2D eigenvalue weighted by Crippen LogP contribution is -2.45. The van der Waals surface area contributed by atoms with Crippen LogP contribution in [0.2, 0.25) is 0 Å². The van der Waals surface area contributed by atoms with Crippen molar-refractivity contribution in [2.24, 2.45) is 5.92 Å². The predicted molar refractivity (Wildman–Crippen MR) is 80.9 cm³/mol. The summed E-state index contributed by atoms with van der Waals surface area (Å²) < 4.78 is 0. The number of hydrogen-bond donors (Lipinski definition) is 2. The van der Waals surface area contributed by atoms with Crippen LogP contribution < -0.4 is 10.9 Å². The number of nitrogens with one attached hydrogen (secondary N) is 2. The summed E-state index contributed by atoms with van der Waals surface area (Å²) >= 11 is 0. The van der Waals surface area contributed by atoms with Crippen molar-refractivity contribution in [2.45, 2.75) is 46.2 Å². The molecule has 0 unspecified atom stereocenters. The smallest absolute Gasteiger partial charge is 0.251 e. The molecule has 2 rings (SSSR count). The molecule has 0 spiro atoms. The van der Waals surface area contributed by atoms with E-state index < -0.39 is 0 Å². The van der Waals surface area contributed by atoms with Gasteiger partial charge in [0.05, 0.1) is 18.2 Å². The molecular formula is C15H24N4O2. The van der Waals surface area contributed by atoms with Crippen LogP contribution >= 0.6 is 0 Å². The van der Waals surface area contributed by atoms with Gasteiger partial charge in [-0.1, -0.05) is 0 Å². The van der Waals surface area contributed by atoms with Crippen molar-refractivity contribution in [3.8, 4) is 0 Å². The van der Waals surface area contributed by atoms with Gasteiger partial charge in [0, 0.05) is 18.7 Å². The van der Waals surface area contributed by atoms with E-state index in [1.165, 1.54) is 6.07 Å². The highest BCUT2D eigenvalue weighted by atomic mass is 16.2. The second-order valence-corrected chi connectivity index (χ2v) is 5.97. The number of rotatable bonds is 4. The Labute approximate surface area is 125 Å². The van der Waals surface area contributed by atoms with Gasteiger partial charge in [0.25, 0.3) is 5.56 Å². The zero-order chi connectivity index (χ0) is 15.4. The van der Waals surface area contributed by atoms with Gasteiger partial charge in [-0.3, -0.25) is 9.59 Å². The predicted octanol–water partition coefficient (Wildman–Crippen LogP) is 0.815. The summed E-state index contributed by atoms with van der Waals surface area (Å²) in [5, 5.41) is 2.90. The maximum Gasteiger partial charge on any atom is 0.251 e. The third kappa shape index (κ3) is 4.39. The van der Waals surface area contributed by atoms with Crippen molar-refractivity contribution < 1.29 is 4.79 Å². The van der Waals surface area contributed by atoms with E-state index in [9.17, 15) is 9.59 Å². The van der Waals surface area contributed by atoms with E-state index in [0.717, 1.165) is 25.9 Å². The van der Waals surface area contributed by atoms with E-state index in [-0.39, 0.29) is 17.4 Å². The van der Waals surface area contributed by atoms with Crippen molar-refractivity contribution in [3.05, 3.63) is 27.9 Å². The molecule has 0 radical (unpaired) electrons. The number of H-pyrrole nitrogens is 1. The summed E-state index contributed by atoms with van der Waals surface area (Å²) in [7, 11) is 0. The highest BCUT2D eigenvalue weighted by molar-refractivity contribution is 5.78. The molecule has 1 aromatic rings. The number of aromatic nitrogens is 2. The molecule has 0 aliphatic carbocycles. The minimum atomic E-state index is -0.185. The fourth-order valence-electron chi connectivity index (χ4n) is 2.74. The molecule has 1 amide bonds. The van der Waals surface area contributed by atoms with Crippen molar-refractivity contribution in [1.29, 1.82) is 0 Å². The second-order valence-electron chi connectivity index (χ2n) is 5.97. The molecule has 1 atom stereocenters. The summed E-state index contributed by atoms with van der Waals surface area (Å²) in [4.78, 5) is 32.8. The Morgan fingerprint density at radius 2 is 2.33 bits per heavy atom. The minimum absolute atomic E-state index is 0.0317. The van der Waals surface area contributed by atoms with Gasteiger partial charge in [0.2, 0.25) is 5.91 Å². The van der Waals surface area contributed by atoms with Crippen LogP contribution in [0.3, 0.4) is 0 Å². The van der Waals surface area contributed by atoms with Gasteiger partial charge in [-0.15, -0.1) is 0 Å². The number of amides is 1. The lowest BCUT2D eigenvalue weighted by atomic mass is 9.96. The summed E-state index contributed by atoms with van der Waals surface area (Å²) in [5.74, 6) is 0.653. The number of aryl methyl sites for hydroxylation is 1. The molecule has 6 heteroatoms. The summed E-state index contributed by atoms with van der Waals surface area (Å²) in [5.41, 5.74) is 0.413. The van der Waals surface area contributed by atoms with E-state index in [4.69, 9.17) is 0 Å². The standard InChI is InChI=1S/C15H24N4O2/c1-10(2)19-6-4-5-12(9-19)15(21)16-8-13-7-14(20)18-11(3)17-13/h7,10,12H,4-6,8-9H2,1-3H3,(H,16,21)(H,17,18,20)/t12-/m1/s1. The van der Waals surface area contributed by atoms with Crippen molar-refractivity contribution in [3.63, 3.8) is 0 Å². The van der Waals surface area contributed by atoms with Crippen LogP contribution in [-0.4, -0.2) is 39.9 Å². The van der Waals surface area contributed by atoms with E-state index in [1.807, 2.05) is 0 Å². The van der Waals surface area contributed by atoms with Gasteiger partial charge in [-0.25, -0.2) is 4.98 Å². The van der Waals surface area contributed by atoms with Gasteiger partial charge in [0.1, 0.15) is 5.82 Å². The normalized spacial score (nSPS) is 19.7. The fraction of sp³-hybridized carbons (Fsp3) is 0.667. The minimum Gasteiger partial charge on any atom is -0.350 e. The van der Waals surface area contributed by atoms with Crippen molar-refractivity contribution in [1.82, 2.24) is 20.2 Å². The molecule has 116 valence electrons. The Balaban J connectivity index is 1.90. The first-order valence-electron chi connectivity index (χ1n) is 7.54. The second kappa shape index (κ2) is 6.85. The molecule has 6 nitrogen and oxygen atoms in total. The van der Waals surface area contributed by atoms with Crippen molar-refractivity contribution in [2.75, 3.05) is 13.1 Å². The van der Waals surface area contributed by atoms with Crippen LogP contribution in [0.25, 0.3) is 0 Å². The molecule has 1 fully saturated rings. The number of nitrogens with zero attached hydrogens (tertiary/aromatic N) is 2. The molecular weight excluding hydrogens is 268 g/mol. The Bertz CT molecular complexity index is 553. The molecule has 0 saturated carbocycles. The number of aromatic amines is 1. The molecule has 1 saturated heterocycles. The Hall–Kier alpha value is -1.69. The number of carbonyl (C=O) groups is 1. The molecule has 1 aliphatic heterocycles. The molecule has 1 aliphatic rings.